The molecule has 2 rings (SSSR count). The number of carboxylic acid groups (broad SMARTS) is 1. The standard InChI is InChI=1S/C15H21NO4/c1-10-9-20-12(7-13(17)18)14(10)15(19)16(2)8-11-5-3-4-6-11/h9,11H,3-8H2,1-2H3,(H,17,18). The summed E-state index contributed by atoms with van der Waals surface area (Å²) in [6, 6.07) is 0. The lowest BCUT2D eigenvalue weighted by atomic mass is 10.1. The van der Waals surface area contributed by atoms with Crippen LogP contribution in [0.2, 0.25) is 0 Å². The van der Waals surface area contributed by atoms with Crippen molar-refractivity contribution in [3.05, 3.63) is 23.2 Å². The molecule has 0 saturated heterocycles. The summed E-state index contributed by atoms with van der Waals surface area (Å²) >= 11 is 0. The van der Waals surface area contributed by atoms with Gasteiger partial charge in [-0.2, -0.15) is 0 Å². The van der Waals surface area contributed by atoms with E-state index in [1.165, 1.54) is 31.9 Å². The summed E-state index contributed by atoms with van der Waals surface area (Å²) < 4.78 is 5.22. The van der Waals surface area contributed by atoms with Crippen LogP contribution in [0, 0.1) is 12.8 Å². The second-order valence-corrected chi connectivity index (χ2v) is 5.62. The molecular weight excluding hydrogens is 258 g/mol. The summed E-state index contributed by atoms with van der Waals surface area (Å²) in [4.78, 5) is 25.0. The van der Waals surface area contributed by atoms with E-state index in [-0.39, 0.29) is 18.1 Å². The van der Waals surface area contributed by atoms with Gasteiger partial charge in [0.1, 0.15) is 12.2 Å². The molecule has 1 aromatic rings. The van der Waals surface area contributed by atoms with E-state index in [9.17, 15) is 9.59 Å². The molecule has 110 valence electrons. The molecule has 1 amide bonds. The van der Waals surface area contributed by atoms with E-state index in [4.69, 9.17) is 9.52 Å². The topological polar surface area (TPSA) is 70.7 Å². The van der Waals surface area contributed by atoms with Gasteiger partial charge in [-0.05, 0) is 25.7 Å². The highest BCUT2D eigenvalue weighted by molar-refractivity contribution is 5.97. The van der Waals surface area contributed by atoms with Gasteiger partial charge in [0.05, 0.1) is 11.8 Å². The van der Waals surface area contributed by atoms with Crippen LogP contribution in [0.15, 0.2) is 10.7 Å². The van der Waals surface area contributed by atoms with Gasteiger partial charge in [0.25, 0.3) is 5.91 Å². The van der Waals surface area contributed by atoms with Gasteiger partial charge in [0, 0.05) is 19.2 Å². The van der Waals surface area contributed by atoms with Crippen molar-refractivity contribution in [2.24, 2.45) is 5.92 Å². The Kier molecular flexibility index (Phi) is 4.47. The Morgan fingerprint density at radius 3 is 2.65 bits per heavy atom. The Morgan fingerprint density at radius 1 is 1.40 bits per heavy atom. The molecule has 1 aliphatic carbocycles. The molecule has 1 aromatic heterocycles. The molecule has 0 bridgehead atoms. The molecule has 0 aromatic carbocycles. The highest BCUT2D eigenvalue weighted by Gasteiger charge is 2.25. The third-order valence-electron chi connectivity index (χ3n) is 3.93. The maximum Gasteiger partial charge on any atom is 0.311 e. The largest absolute Gasteiger partial charge is 0.481 e. The van der Waals surface area contributed by atoms with Gasteiger partial charge in [-0.1, -0.05) is 12.8 Å². The molecule has 1 heterocycles. The van der Waals surface area contributed by atoms with Crippen LogP contribution in [0.1, 0.15) is 47.4 Å². The number of rotatable bonds is 5. The molecule has 20 heavy (non-hydrogen) atoms. The Hall–Kier alpha value is -1.78. The maximum absolute atomic E-state index is 12.5. The number of carboxylic acids is 1. The van der Waals surface area contributed by atoms with Crippen LogP contribution in [0.4, 0.5) is 0 Å². The lowest BCUT2D eigenvalue weighted by Crippen LogP contribution is -2.32. The maximum atomic E-state index is 12.5. The monoisotopic (exact) mass is 279 g/mol. The summed E-state index contributed by atoms with van der Waals surface area (Å²) in [5.41, 5.74) is 1.11. The molecule has 0 atom stereocenters. The fraction of sp³-hybridized carbons (Fsp3) is 0.600. The van der Waals surface area contributed by atoms with Gasteiger partial charge >= 0.3 is 5.97 Å². The van der Waals surface area contributed by atoms with Gasteiger partial charge in [0.2, 0.25) is 0 Å². The van der Waals surface area contributed by atoms with E-state index in [0.717, 1.165) is 6.54 Å². The molecule has 1 saturated carbocycles. The van der Waals surface area contributed by atoms with Crippen LogP contribution < -0.4 is 0 Å². The van der Waals surface area contributed by atoms with Crippen LogP contribution >= 0.6 is 0 Å². The van der Waals surface area contributed by atoms with E-state index in [1.54, 1.807) is 18.9 Å². The molecule has 5 heteroatoms. The highest BCUT2D eigenvalue weighted by atomic mass is 16.4. The Balaban J connectivity index is 2.10. The van der Waals surface area contributed by atoms with E-state index in [1.807, 2.05) is 0 Å². The van der Waals surface area contributed by atoms with E-state index in [0.29, 0.717) is 17.0 Å². The fourth-order valence-electron chi connectivity index (χ4n) is 2.91. The smallest absolute Gasteiger partial charge is 0.311 e. The van der Waals surface area contributed by atoms with Crippen LogP contribution in [0.5, 0.6) is 0 Å². The summed E-state index contributed by atoms with van der Waals surface area (Å²) in [5, 5.41) is 8.87. The second-order valence-electron chi connectivity index (χ2n) is 5.62. The van der Waals surface area contributed by atoms with Gasteiger partial charge in [-0.3, -0.25) is 9.59 Å². The number of nitrogens with zero attached hydrogens (tertiary/aromatic N) is 1. The average molecular weight is 279 g/mol. The van der Waals surface area contributed by atoms with Crippen molar-refractivity contribution in [3.63, 3.8) is 0 Å². The van der Waals surface area contributed by atoms with Gasteiger partial charge in [-0.15, -0.1) is 0 Å². The number of furan rings is 1. The zero-order chi connectivity index (χ0) is 14.7. The van der Waals surface area contributed by atoms with Crippen LogP contribution in [0.3, 0.4) is 0 Å². The first-order chi connectivity index (χ1) is 9.49. The minimum Gasteiger partial charge on any atom is -0.481 e. The number of carbonyl (C=O) groups excluding carboxylic acids is 1. The van der Waals surface area contributed by atoms with E-state index >= 15 is 0 Å². The molecule has 1 aliphatic rings. The fourth-order valence-corrected chi connectivity index (χ4v) is 2.91. The minimum atomic E-state index is -0.994. The zero-order valence-corrected chi connectivity index (χ0v) is 12.0. The lowest BCUT2D eigenvalue weighted by Gasteiger charge is -2.21. The SMILES string of the molecule is Cc1coc(CC(=O)O)c1C(=O)N(C)CC1CCCC1. The first kappa shape index (κ1) is 14.6. The third-order valence-corrected chi connectivity index (χ3v) is 3.93. The van der Waals surface area contributed by atoms with Crippen molar-refractivity contribution >= 4 is 11.9 Å². The minimum absolute atomic E-state index is 0.139. The Bertz CT molecular complexity index is 500. The van der Waals surface area contributed by atoms with Gasteiger partial charge in [-0.25, -0.2) is 0 Å². The van der Waals surface area contributed by atoms with Crippen molar-refractivity contribution < 1.29 is 19.1 Å². The van der Waals surface area contributed by atoms with Crippen molar-refractivity contribution in [1.29, 1.82) is 0 Å². The third kappa shape index (κ3) is 3.21. The highest BCUT2D eigenvalue weighted by Crippen LogP contribution is 2.26. The number of carbonyl (C=O) groups is 2. The number of aliphatic carboxylic acids is 1. The molecule has 1 N–H and O–H groups in total. The first-order valence-electron chi connectivity index (χ1n) is 7.03. The molecule has 0 aliphatic heterocycles. The van der Waals surface area contributed by atoms with Gasteiger partial charge < -0.3 is 14.4 Å². The number of aryl methyl sites for hydroxylation is 1. The summed E-state index contributed by atoms with van der Waals surface area (Å²) in [6.07, 6.45) is 6.01. The average Bonchev–Trinajstić information content (AvgIpc) is 2.98. The van der Waals surface area contributed by atoms with Crippen LogP contribution in [-0.4, -0.2) is 35.5 Å². The summed E-state index contributed by atoms with van der Waals surface area (Å²) in [5.74, 6) is -0.316. The van der Waals surface area contributed by atoms with Crippen molar-refractivity contribution in [2.75, 3.05) is 13.6 Å². The molecule has 0 unspecified atom stereocenters. The molecule has 5 nitrogen and oxygen atoms in total. The predicted octanol–water partition coefficient (Wildman–Crippen LogP) is 2.48. The summed E-state index contributed by atoms with van der Waals surface area (Å²) in [7, 11) is 1.78. The van der Waals surface area contributed by atoms with E-state index in [2.05, 4.69) is 0 Å². The van der Waals surface area contributed by atoms with Crippen molar-refractivity contribution in [3.8, 4) is 0 Å². The Labute approximate surface area is 118 Å². The quantitative estimate of drug-likeness (QED) is 0.898. The Morgan fingerprint density at radius 2 is 2.05 bits per heavy atom. The number of hydrogen-bond acceptors (Lipinski definition) is 3. The van der Waals surface area contributed by atoms with Crippen LogP contribution in [-0.2, 0) is 11.2 Å². The normalized spacial score (nSPS) is 15.5. The number of hydrogen-bond donors (Lipinski definition) is 1. The molecule has 0 spiro atoms. The predicted molar refractivity (Wildman–Crippen MR) is 73.7 cm³/mol. The molecular formula is C15H21NO4. The van der Waals surface area contributed by atoms with Gasteiger partial charge in [0.15, 0.2) is 0 Å². The van der Waals surface area contributed by atoms with Crippen molar-refractivity contribution in [1.82, 2.24) is 4.90 Å². The van der Waals surface area contributed by atoms with E-state index < -0.39 is 5.97 Å². The summed E-state index contributed by atoms with van der Waals surface area (Å²) in [6.45, 7) is 2.50. The zero-order valence-electron chi connectivity index (χ0n) is 12.0. The molecule has 0 radical (unpaired) electrons. The van der Waals surface area contributed by atoms with Crippen LogP contribution in [0.25, 0.3) is 0 Å². The second kappa shape index (κ2) is 6.11. The lowest BCUT2D eigenvalue weighted by molar-refractivity contribution is -0.136. The molecule has 1 fully saturated rings. The number of amides is 1. The first-order valence-corrected chi connectivity index (χ1v) is 7.03. The van der Waals surface area contributed by atoms with Crippen molar-refractivity contribution in [2.45, 2.75) is 39.0 Å².